The number of thioether (sulfide) groups is 2. The number of aromatic nitrogens is 2. The molecule has 0 aromatic carbocycles. The van der Waals surface area contributed by atoms with E-state index >= 15 is 0 Å². The Morgan fingerprint density at radius 1 is 0.824 bits per heavy atom. The zero-order chi connectivity index (χ0) is 24.6. The molecule has 184 valence electrons. The summed E-state index contributed by atoms with van der Waals surface area (Å²) in [5.74, 6) is 1.44. The maximum absolute atomic E-state index is 12.3. The first kappa shape index (κ1) is 29.7. The average molecular weight is 591 g/mol. The molecule has 34 heavy (non-hydrogen) atoms. The second kappa shape index (κ2) is 17.8. The number of carbonyl (C=O) groups excluding carboxylic acids is 2. The number of pyridine rings is 2. The number of carbonyl (C=O) groups is 2. The molecule has 2 atom stereocenters. The van der Waals surface area contributed by atoms with Crippen molar-refractivity contribution >= 4 is 94.3 Å². The van der Waals surface area contributed by atoms with Gasteiger partial charge < -0.3 is 10.6 Å². The van der Waals surface area contributed by atoms with Crippen molar-refractivity contribution in [3.8, 4) is 0 Å². The van der Waals surface area contributed by atoms with Crippen LogP contribution in [0.15, 0.2) is 58.8 Å². The molecule has 2 aromatic heterocycles. The molecular weight excluding hydrogens is 565 g/mol. The first-order valence-corrected chi connectivity index (χ1v) is 17.1. The molecule has 6 nitrogen and oxygen atoms in total. The summed E-state index contributed by atoms with van der Waals surface area (Å²) in [6.45, 7) is 4.79. The summed E-state index contributed by atoms with van der Waals surface area (Å²) >= 11 is 8.02. The fraction of sp³-hybridized carbons (Fsp3) is 0.381. The number of nitrogens with zero attached hydrogens (tertiary/aromatic N) is 2. The van der Waals surface area contributed by atoms with Gasteiger partial charge in [-0.2, -0.15) is 0 Å². The van der Waals surface area contributed by atoms with Crippen molar-refractivity contribution in [2.75, 3.05) is 24.6 Å². The van der Waals surface area contributed by atoms with E-state index in [-0.39, 0.29) is 22.3 Å². The van der Waals surface area contributed by atoms with Crippen molar-refractivity contribution in [1.29, 1.82) is 0 Å². The van der Waals surface area contributed by atoms with Crippen LogP contribution in [-0.4, -0.2) is 60.4 Å². The van der Waals surface area contributed by atoms with Crippen LogP contribution >= 0.6 is 78.9 Å². The van der Waals surface area contributed by atoms with Crippen LogP contribution in [0.4, 0.5) is 0 Å². The van der Waals surface area contributed by atoms with Gasteiger partial charge in [-0.3, -0.25) is 9.59 Å². The predicted molar refractivity (Wildman–Crippen MR) is 158 cm³/mol. The van der Waals surface area contributed by atoms with Crippen molar-refractivity contribution in [3.63, 3.8) is 0 Å². The maximum Gasteiger partial charge on any atom is 0.233 e. The number of nitrogens with one attached hydrogen (secondary N) is 2. The Labute approximate surface area is 230 Å². The SMILES string of the molecule is CC(SC(=S)SC(C)C(=O)NCCSSc1ccccn1)C(=O)NCCSSc1ccccn1. The molecule has 0 fully saturated rings. The fourth-order valence-corrected chi connectivity index (χ4v) is 8.62. The standard InChI is InChI=1S/C21H26N4O2S7/c1-15(19(26)24-11-13-29-33-17-7-3-5-9-22-17)31-21(28)32-16(2)20(27)25-12-14-30-34-18-8-4-6-10-23-18/h3-10,15-16H,11-14H2,1-2H3,(H,24,26)(H,25,27). The molecule has 2 aromatic rings. The topological polar surface area (TPSA) is 84.0 Å². The molecule has 0 saturated heterocycles. The molecule has 0 aliphatic heterocycles. The van der Waals surface area contributed by atoms with Crippen molar-refractivity contribution in [2.24, 2.45) is 0 Å². The second-order valence-electron chi connectivity index (χ2n) is 6.50. The van der Waals surface area contributed by atoms with Gasteiger partial charge in [-0.05, 0) is 59.7 Å². The molecule has 2 N–H and O–H groups in total. The monoisotopic (exact) mass is 590 g/mol. The van der Waals surface area contributed by atoms with Crippen molar-refractivity contribution in [2.45, 2.75) is 34.4 Å². The summed E-state index contributed by atoms with van der Waals surface area (Å²) in [6, 6.07) is 11.6. The summed E-state index contributed by atoms with van der Waals surface area (Å²) in [5.41, 5.74) is 0. The van der Waals surface area contributed by atoms with Crippen LogP contribution in [0, 0.1) is 0 Å². The van der Waals surface area contributed by atoms with Crippen LogP contribution in [0.2, 0.25) is 0 Å². The minimum absolute atomic E-state index is 0.0593. The van der Waals surface area contributed by atoms with Gasteiger partial charge in [-0.1, -0.05) is 69.5 Å². The highest BCUT2D eigenvalue weighted by Crippen LogP contribution is 2.29. The van der Waals surface area contributed by atoms with Crippen molar-refractivity contribution in [1.82, 2.24) is 20.6 Å². The minimum atomic E-state index is -0.316. The molecule has 0 aliphatic carbocycles. The number of hydrogen-bond donors (Lipinski definition) is 2. The van der Waals surface area contributed by atoms with Gasteiger partial charge in [-0.15, -0.1) is 0 Å². The lowest BCUT2D eigenvalue weighted by Crippen LogP contribution is -2.34. The molecule has 0 radical (unpaired) electrons. The summed E-state index contributed by atoms with van der Waals surface area (Å²) in [7, 11) is 6.47. The van der Waals surface area contributed by atoms with Crippen LogP contribution in [0.3, 0.4) is 0 Å². The lowest BCUT2D eigenvalue weighted by atomic mass is 10.4. The molecule has 0 spiro atoms. The van der Waals surface area contributed by atoms with Crippen molar-refractivity contribution in [3.05, 3.63) is 48.8 Å². The third-order valence-corrected chi connectivity index (χ3v) is 11.0. The van der Waals surface area contributed by atoms with Gasteiger partial charge in [0.05, 0.1) is 10.5 Å². The average Bonchev–Trinajstić information content (AvgIpc) is 2.84. The van der Waals surface area contributed by atoms with Crippen LogP contribution in [-0.2, 0) is 9.59 Å². The summed E-state index contributed by atoms with van der Waals surface area (Å²) in [5, 5.41) is 7.13. The smallest absolute Gasteiger partial charge is 0.233 e. The van der Waals surface area contributed by atoms with E-state index in [9.17, 15) is 9.59 Å². The Hall–Kier alpha value is -0.570. The Bertz CT molecular complexity index is 822. The lowest BCUT2D eigenvalue weighted by molar-refractivity contribution is -0.120. The Morgan fingerprint density at radius 3 is 1.65 bits per heavy atom. The van der Waals surface area contributed by atoms with Gasteiger partial charge in [0.15, 0.2) is 0 Å². The molecule has 2 unspecified atom stereocenters. The zero-order valence-electron chi connectivity index (χ0n) is 18.7. The van der Waals surface area contributed by atoms with E-state index in [1.165, 1.54) is 23.5 Å². The minimum Gasteiger partial charge on any atom is -0.354 e. The van der Waals surface area contributed by atoms with Gasteiger partial charge in [0, 0.05) is 37.0 Å². The predicted octanol–water partition coefficient (Wildman–Crippen LogP) is 5.42. The van der Waals surface area contributed by atoms with E-state index in [2.05, 4.69) is 20.6 Å². The highest BCUT2D eigenvalue weighted by Gasteiger charge is 2.20. The van der Waals surface area contributed by atoms with Gasteiger partial charge in [0.1, 0.15) is 13.6 Å². The van der Waals surface area contributed by atoms with E-state index in [1.807, 2.05) is 50.2 Å². The molecular formula is C21H26N4O2S7. The number of hydrogen-bond acceptors (Lipinski definition) is 11. The molecule has 2 rings (SSSR count). The number of rotatable bonds is 14. The van der Waals surface area contributed by atoms with Gasteiger partial charge >= 0.3 is 0 Å². The first-order chi connectivity index (χ1) is 16.5. The lowest BCUT2D eigenvalue weighted by Gasteiger charge is -2.15. The Balaban J connectivity index is 1.53. The quantitative estimate of drug-likeness (QED) is 0.168. The van der Waals surface area contributed by atoms with E-state index in [1.54, 1.807) is 55.6 Å². The van der Waals surface area contributed by atoms with Gasteiger partial charge in [0.2, 0.25) is 11.8 Å². The third-order valence-electron chi connectivity index (χ3n) is 3.82. The van der Waals surface area contributed by atoms with Crippen LogP contribution in [0.1, 0.15) is 13.8 Å². The Morgan fingerprint density at radius 2 is 1.26 bits per heavy atom. The van der Waals surface area contributed by atoms with Gasteiger partial charge in [0.25, 0.3) is 0 Å². The van der Waals surface area contributed by atoms with Crippen molar-refractivity contribution < 1.29 is 9.59 Å². The van der Waals surface area contributed by atoms with Crippen LogP contribution < -0.4 is 10.6 Å². The van der Waals surface area contributed by atoms with E-state index in [0.29, 0.717) is 16.6 Å². The normalized spacial score (nSPS) is 12.5. The highest BCUT2D eigenvalue weighted by atomic mass is 33.1. The van der Waals surface area contributed by atoms with E-state index in [4.69, 9.17) is 12.2 Å². The zero-order valence-corrected chi connectivity index (χ0v) is 24.4. The molecule has 0 saturated carbocycles. The molecule has 0 aliphatic rings. The summed E-state index contributed by atoms with van der Waals surface area (Å²) < 4.78 is 0.588. The highest BCUT2D eigenvalue weighted by molar-refractivity contribution is 8.77. The number of amides is 2. The van der Waals surface area contributed by atoms with Crippen LogP contribution in [0.5, 0.6) is 0 Å². The largest absolute Gasteiger partial charge is 0.354 e. The maximum atomic E-state index is 12.3. The summed E-state index contributed by atoms with van der Waals surface area (Å²) in [6.07, 6.45) is 3.52. The first-order valence-electron chi connectivity index (χ1n) is 10.3. The van der Waals surface area contributed by atoms with E-state index < -0.39 is 0 Å². The fourth-order valence-electron chi connectivity index (χ4n) is 2.14. The third kappa shape index (κ3) is 12.9. The summed E-state index contributed by atoms with van der Waals surface area (Å²) in [4.78, 5) is 33.1. The Kier molecular flexibility index (Phi) is 15.5. The van der Waals surface area contributed by atoms with Crippen LogP contribution in [0.25, 0.3) is 0 Å². The second-order valence-corrected chi connectivity index (χ2v) is 15.3. The molecule has 13 heteroatoms. The molecule has 2 amide bonds. The van der Waals surface area contributed by atoms with E-state index in [0.717, 1.165) is 21.6 Å². The molecule has 2 heterocycles. The number of thiocarbonyl (C=S) groups is 1. The molecule has 0 bridgehead atoms. The van der Waals surface area contributed by atoms with Gasteiger partial charge in [-0.25, -0.2) is 9.97 Å².